The molecule has 2 N–H and O–H groups in total. The van der Waals surface area contributed by atoms with Crippen LogP contribution in [0.4, 0.5) is 0 Å². The first-order chi connectivity index (χ1) is 10.6. The van der Waals surface area contributed by atoms with E-state index >= 15 is 0 Å². The van der Waals surface area contributed by atoms with Gasteiger partial charge in [0.05, 0.1) is 0 Å². The molecule has 2 rings (SSSR count). The molecular weight excluding hydrogens is 284 g/mol. The van der Waals surface area contributed by atoms with E-state index in [2.05, 4.69) is 6.92 Å². The van der Waals surface area contributed by atoms with E-state index in [-0.39, 0.29) is 30.3 Å². The highest BCUT2D eigenvalue weighted by Gasteiger charge is 2.12. The SMILES string of the molecule is CCc1cccc(OCCOC(=O)c2ccc(O)cc2O)c1. The van der Waals surface area contributed by atoms with Crippen LogP contribution < -0.4 is 4.74 Å². The quantitative estimate of drug-likeness (QED) is 0.634. The third-order valence-electron chi connectivity index (χ3n) is 3.09. The summed E-state index contributed by atoms with van der Waals surface area (Å²) < 4.78 is 10.5. The normalized spacial score (nSPS) is 10.2. The van der Waals surface area contributed by atoms with Crippen molar-refractivity contribution in [2.75, 3.05) is 13.2 Å². The molecule has 2 aromatic rings. The highest BCUT2D eigenvalue weighted by atomic mass is 16.6. The van der Waals surface area contributed by atoms with E-state index in [1.165, 1.54) is 17.7 Å². The maximum absolute atomic E-state index is 11.8. The number of rotatable bonds is 6. The Morgan fingerprint density at radius 3 is 2.64 bits per heavy atom. The van der Waals surface area contributed by atoms with Gasteiger partial charge in [0, 0.05) is 6.07 Å². The first-order valence-electron chi connectivity index (χ1n) is 7.01. The minimum absolute atomic E-state index is 0.00535. The Morgan fingerprint density at radius 1 is 1.09 bits per heavy atom. The molecule has 0 spiro atoms. The van der Waals surface area contributed by atoms with Gasteiger partial charge in [0.1, 0.15) is 36.0 Å². The summed E-state index contributed by atoms with van der Waals surface area (Å²) in [5, 5.41) is 18.7. The molecule has 22 heavy (non-hydrogen) atoms. The van der Waals surface area contributed by atoms with Crippen LogP contribution in [0.5, 0.6) is 17.2 Å². The molecule has 2 aromatic carbocycles. The van der Waals surface area contributed by atoms with Gasteiger partial charge >= 0.3 is 5.97 Å². The van der Waals surface area contributed by atoms with E-state index in [1.807, 2.05) is 24.3 Å². The lowest BCUT2D eigenvalue weighted by atomic mass is 10.2. The van der Waals surface area contributed by atoms with E-state index in [1.54, 1.807) is 0 Å². The van der Waals surface area contributed by atoms with Crippen LogP contribution in [0.25, 0.3) is 0 Å². The molecular formula is C17H18O5. The Labute approximate surface area is 128 Å². The van der Waals surface area contributed by atoms with Gasteiger partial charge in [0.2, 0.25) is 0 Å². The third-order valence-corrected chi connectivity index (χ3v) is 3.09. The first kappa shape index (κ1) is 15.7. The van der Waals surface area contributed by atoms with Gasteiger partial charge in [-0.2, -0.15) is 0 Å². The predicted molar refractivity (Wildman–Crippen MR) is 81.4 cm³/mol. The Hall–Kier alpha value is -2.69. The van der Waals surface area contributed by atoms with Crippen LogP contribution in [0.1, 0.15) is 22.8 Å². The Morgan fingerprint density at radius 2 is 1.91 bits per heavy atom. The average Bonchev–Trinajstić information content (AvgIpc) is 2.51. The fourth-order valence-corrected chi connectivity index (χ4v) is 1.92. The predicted octanol–water partition coefficient (Wildman–Crippen LogP) is 2.90. The summed E-state index contributed by atoms with van der Waals surface area (Å²) in [5.41, 5.74) is 1.18. The van der Waals surface area contributed by atoms with Crippen molar-refractivity contribution < 1.29 is 24.5 Å². The molecule has 0 radical (unpaired) electrons. The highest BCUT2D eigenvalue weighted by molar-refractivity contribution is 5.92. The number of hydrogen-bond donors (Lipinski definition) is 2. The monoisotopic (exact) mass is 302 g/mol. The first-order valence-corrected chi connectivity index (χ1v) is 7.01. The van der Waals surface area contributed by atoms with Crippen molar-refractivity contribution in [1.29, 1.82) is 0 Å². The van der Waals surface area contributed by atoms with E-state index in [0.717, 1.165) is 18.2 Å². The van der Waals surface area contributed by atoms with Crippen LogP contribution in [-0.4, -0.2) is 29.4 Å². The fourth-order valence-electron chi connectivity index (χ4n) is 1.92. The summed E-state index contributed by atoms with van der Waals surface area (Å²) in [5.74, 6) is -0.374. The van der Waals surface area contributed by atoms with Crippen molar-refractivity contribution in [3.05, 3.63) is 53.6 Å². The molecule has 0 saturated carbocycles. The molecule has 0 unspecified atom stereocenters. The lowest BCUT2D eigenvalue weighted by molar-refractivity contribution is 0.0447. The summed E-state index contributed by atoms with van der Waals surface area (Å²) in [6.07, 6.45) is 0.923. The second kappa shape index (κ2) is 7.36. The van der Waals surface area contributed by atoms with E-state index in [9.17, 15) is 15.0 Å². The highest BCUT2D eigenvalue weighted by Crippen LogP contribution is 2.23. The number of ether oxygens (including phenoxy) is 2. The Bertz CT molecular complexity index is 651. The number of aromatic hydroxyl groups is 2. The van der Waals surface area contributed by atoms with E-state index in [4.69, 9.17) is 9.47 Å². The van der Waals surface area contributed by atoms with Crippen LogP contribution in [-0.2, 0) is 11.2 Å². The second-order valence-corrected chi connectivity index (χ2v) is 4.69. The maximum atomic E-state index is 11.8. The zero-order valence-corrected chi connectivity index (χ0v) is 12.3. The molecule has 0 aliphatic heterocycles. The van der Waals surface area contributed by atoms with Gasteiger partial charge in [-0.15, -0.1) is 0 Å². The molecule has 0 aliphatic carbocycles. The Balaban J connectivity index is 1.82. The smallest absolute Gasteiger partial charge is 0.342 e. The number of carbonyl (C=O) groups is 1. The van der Waals surface area contributed by atoms with Crippen LogP contribution >= 0.6 is 0 Å². The number of esters is 1. The summed E-state index contributed by atoms with van der Waals surface area (Å²) in [7, 11) is 0. The van der Waals surface area contributed by atoms with E-state index < -0.39 is 5.97 Å². The fraction of sp³-hybridized carbons (Fsp3) is 0.235. The molecule has 5 nitrogen and oxygen atoms in total. The molecule has 5 heteroatoms. The summed E-state index contributed by atoms with van der Waals surface area (Å²) in [4.78, 5) is 11.8. The molecule has 0 atom stereocenters. The number of phenolic OH excluding ortho intramolecular Hbond substituents is 2. The molecule has 0 aromatic heterocycles. The zero-order chi connectivity index (χ0) is 15.9. The number of hydrogen-bond acceptors (Lipinski definition) is 5. The minimum Gasteiger partial charge on any atom is -0.508 e. The van der Waals surface area contributed by atoms with Crippen molar-refractivity contribution in [3.8, 4) is 17.2 Å². The molecule has 0 amide bonds. The van der Waals surface area contributed by atoms with Crippen molar-refractivity contribution >= 4 is 5.97 Å². The number of carbonyl (C=O) groups excluding carboxylic acids is 1. The van der Waals surface area contributed by atoms with E-state index in [0.29, 0.717) is 0 Å². The van der Waals surface area contributed by atoms with Crippen molar-refractivity contribution in [1.82, 2.24) is 0 Å². The molecule has 0 fully saturated rings. The van der Waals surface area contributed by atoms with Gasteiger partial charge in [0.15, 0.2) is 0 Å². The standard InChI is InChI=1S/C17H18O5/c1-2-12-4-3-5-14(10-12)21-8-9-22-17(20)15-7-6-13(18)11-16(15)19/h3-7,10-11,18-19H,2,8-9H2,1H3. The molecule has 0 saturated heterocycles. The molecule has 0 bridgehead atoms. The Kier molecular flexibility index (Phi) is 5.25. The van der Waals surface area contributed by atoms with Gasteiger partial charge in [-0.25, -0.2) is 4.79 Å². The summed E-state index contributed by atoms with van der Waals surface area (Å²) in [6, 6.07) is 11.4. The van der Waals surface area contributed by atoms with Crippen LogP contribution in [0.3, 0.4) is 0 Å². The summed E-state index contributed by atoms with van der Waals surface area (Å²) in [6.45, 7) is 2.35. The number of phenols is 2. The van der Waals surface area contributed by atoms with Crippen LogP contribution in [0, 0.1) is 0 Å². The van der Waals surface area contributed by atoms with Gasteiger partial charge in [-0.05, 0) is 36.2 Å². The van der Waals surface area contributed by atoms with Gasteiger partial charge in [-0.1, -0.05) is 19.1 Å². The maximum Gasteiger partial charge on any atom is 0.342 e. The summed E-state index contributed by atoms with van der Waals surface area (Å²) >= 11 is 0. The molecule has 0 aliphatic rings. The third kappa shape index (κ3) is 4.15. The average molecular weight is 302 g/mol. The van der Waals surface area contributed by atoms with Crippen molar-refractivity contribution in [3.63, 3.8) is 0 Å². The van der Waals surface area contributed by atoms with Crippen LogP contribution in [0.15, 0.2) is 42.5 Å². The largest absolute Gasteiger partial charge is 0.508 e. The van der Waals surface area contributed by atoms with Gasteiger partial charge < -0.3 is 19.7 Å². The van der Waals surface area contributed by atoms with Crippen molar-refractivity contribution in [2.45, 2.75) is 13.3 Å². The van der Waals surface area contributed by atoms with Crippen molar-refractivity contribution in [2.24, 2.45) is 0 Å². The van der Waals surface area contributed by atoms with Gasteiger partial charge in [0.25, 0.3) is 0 Å². The number of benzene rings is 2. The topological polar surface area (TPSA) is 76.0 Å². The lowest BCUT2D eigenvalue weighted by Crippen LogP contribution is -2.12. The second-order valence-electron chi connectivity index (χ2n) is 4.69. The van der Waals surface area contributed by atoms with Gasteiger partial charge in [-0.3, -0.25) is 0 Å². The number of aryl methyl sites for hydroxylation is 1. The minimum atomic E-state index is -0.664. The molecule has 0 heterocycles. The molecule has 116 valence electrons. The van der Waals surface area contributed by atoms with Crippen LogP contribution in [0.2, 0.25) is 0 Å². The lowest BCUT2D eigenvalue weighted by Gasteiger charge is -2.09. The zero-order valence-electron chi connectivity index (χ0n) is 12.3.